The van der Waals surface area contributed by atoms with E-state index in [0.717, 1.165) is 5.56 Å². The Kier molecular flexibility index (Phi) is 8.58. The Bertz CT molecular complexity index is 927. The van der Waals surface area contributed by atoms with E-state index >= 15 is 0 Å². The van der Waals surface area contributed by atoms with Gasteiger partial charge in [0.05, 0.1) is 18.8 Å². The largest absolute Gasteiger partial charge is 0.460 e. The number of hydrogen-bond donors (Lipinski definition) is 0. The number of ether oxygens (including phenoxy) is 2. The molecule has 0 aliphatic rings. The first-order chi connectivity index (χ1) is 14.1. The summed E-state index contributed by atoms with van der Waals surface area (Å²) in [6.45, 7) is 6.77. The summed E-state index contributed by atoms with van der Waals surface area (Å²) in [5.41, 5.74) is 2.41. The molecule has 0 atom stereocenters. The molecular weight excluding hydrogens is 404 g/mol. The lowest BCUT2D eigenvalue weighted by Crippen LogP contribution is -2.16. The first-order valence-electron chi connectivity index (χ1n) is 9.89. The zero-order valence-corrected chi connectivity index (χ0v) is 18.8. The third kappa shape index (κ3) is 6.93. The van der Waals surface area contributed by atoms with E-state index in [0.29, 0.717) is 12.8 Å². The van der Waals surface area contributed by atoms with E-state index in [9.17, 15) is 13.2 Å². The van der Waals surface area contributed by atoms with Crippen LogP contribution in [0.4, 0.5) is 0 Å². The molecule has 0 aliphatic heterocycles. The third-order valence-electron chi connectivity index (χ3n) is 4.57. The maximum Gasteiger partial charge on any atom is 0.339 e. The van der Waals surface area contributed by atoms with Gasteiger partial charge in [0.25, 0.3) is 10.1 Å². The molecule has 0 spiro atoms. The second-order valence-corrected chi connectivity index (χ2v) is 9.54. The van der Waals surface area contributed by atoms with Crippen LogP contribution >= 0.6 is 0 Å². The number of esters is 1. The lowest BCUT2D eigenvalue weighted by molar-refractivity contribution is 0.0383. The van der Waals surface area contributed by atoms with Crippen molar-refractivity contribution < 1.29 is 26.9 Å². The van der Waals surface area contributed by atoms with E-state index in [1.165, 1.54) is 24.8 Å². The SMILES string of the molecule is COCCOC(=O)c1ccccc1S(=O)(=O)OCCCc1ccc(C(C)(C)C)cc1. The first kappa shape index (κ1) is 24.1. The van der Waals surface area contributed by atoms with Crippen LogP contribution in [-0.2, 0) is 35.6 Å². The Hall–Kier alpha value is -2.22. The monoisotopic (exact) mass is 434 g/mol. The van der Waals surface area contributed by atoms with Gasteiger partial charge in [-0.15, -0.1) is 0 Å². The number of aryl methyl sites for hydroxylation is 1. The molecule has 0 saturated carbocycles. The molecule has 0 radical (unpaired) electrons. The lowest BCUT2D eigenvalue weighted by Gasteiger charge is -2.19. The fourth-order valence-corrected chi connectivity index (χ4v) is 3.96. The molecular formula is C23H30O6S. The van der Waals surface area contributed by atoms with Gasteiger partial charge < -0.3 is 9.47 Å². The van der Waals surface area contributed by atoms with E-state index in [1.54, 1.807) is 12.1 Å². The maximum atomic E-state index is 12.6. The second-order valence-electron chi connectivity index (χ2n) is 7.95. The topological polar surface area (TPSA) is 78.9 Å². The van der Waals surface area contributed by atoms with Crippen molar-refractivity contribution in [3.8, 4) is 0 Å². The Labute approximate surface area is 179 Å². The van der Waals surface area contributed by atoms with E-state index < -0.39 is 16.1 Å². The van der Waals surface area contributed by atoms with E-state index in [4.69, 9.17) is 13.7 Å². The van der Waals surface area contributed by atoms with Crippen LogP contribution in [-0.4, -0.2) is 41.3 Å². The van der Waals surface area contributed by atoms with Crippen molar-refractivity contribution in [1.82, 2.24) is 0 Å². The van der Waals surface area contributed by atoms with Crippen LogP contribution in [0.2, 0.25) is 0 Å². The van der Waals surface area contributed by atoms with Crippen LogP contribution in [0.5, 0.6) is 0 Å². The molecule has 7 heteroatoms. The highest BCUT2D eigenvalue weighted by Gasteiger charge is 2.24. The lowest BCUT2D eigenvalue weighted by atomic mass is 9.86. The minimum atomic E-state index is -4.08. The quantitative estimate of drug-likeness (QED) is 0.318. The summed E-state index contributed by atoms with van der Waals surface area (Å²) in [5.74, 6) is -0.728. The van der Waals surface area contributed by atoms with Crippen molar-refractivity contribution in [2.45, 2.75) is 43.9 Å². The molecule has 164 valence electrons. The molecule has 0 aromatic heterocycles. The van der Waals surface area contributed by atoms with Crippen molar-refractivity contribution in [1.29, 1.82) is 0 Å². The van der Waals surface area contributed by atoms with Crippen molar-refractivity contribution in [2.24, 2.45) is 0 Å². The molecule has 0 fully saturated rings. The molecule has 2 aromatic rings. The molecule has 2 rings (SSSR count). The van der Waals surface area contributed by atoms with E-state index in [-0.39, 0.29) is 35.7 Å². The van der Waals surface area contributed by atoms with Gasteiger partial charge in [0.1, 0.15) is 11.5 Å². The summed E-state index contributed by atoms with van der Waals surface area (Å²) in [6, 6.07) is 14.2. The molecule has 30 heavy (non-hydrogen) atoms. The van der Waals surface area contributed by atoms with Crippen LogP contribution in [0, 0.1) is 0 Å². The number of benzene rings is 2. The Balaban J connectivity index is 1.95. The predicted octanol–water partition coefficient (Wildman–Crippen LogP) is 4.13. The summed E-state index contributed by atoms with van der Waals surface area (Å²) >= 11 is 0. The zero-order valence-electron chi connectivity index (χ0n) is 18.0. The van der Waals surface area contributed by atoms with Gasteiger partial charge in [-0.1, -0.05) is 57.2 Å². The Morgan fingerprint density at radius 1 is 0.933 bits per heavy atom. The van der Waals surface area contributed by atoms with Gasteiger partial charge in [-0.25, -0.2) is 4.79 Å². The minimum Gasteiger partial charge on any atom is -0.460 e. The summed E-state index contributed by atoms with van der Waals surface area (Å²) in [6.07, 6.45) is 1.23. The first-order valence-corrected chi connectivity index (χ1v) is 11.3. The maximum absolute atomic E-state index is 12.6. The van der Waals surface area contributed by atoms with Gasteiger partial charge in [-0.2, -0.15) is 8.42 Å². The molecule has 0 aliphatic carbocycles. The summed E-state index contributed by atoms with van der Waals surface area (Å²) < 4.78 is 40.2. The van der Waals surface area contributed by atoms with Crippen LogP contribution in [0.15, 0.2) is 53.4 Å². The van der Waals surface area contributed by atoms with E-state index in [2.05, 4.69) is 45.0 Å². The van der Waals surface area contributed by atoms with Crippen LogP contribution in [0.1, 0.15) is 48.7 Å². The molecule has 0 unspecified atom stereocenters. The summed E-state index contributed by atoms with van der Waals surface area (Å²) in [4.78, 5) is 12.0. The van der Waals surface area contributed by atoms with Crippen molar-refractivity contribution >= 4 is 16.1 Å². The predicted molar refractivity (Wildman–Crippen MR) is 115 cm³/mol. The average Bonchev–Trinajstić information content (AvgIpc) is 2.71. The van der Waals surface area contributed by atoms with Gasteiger partial charge in [0.15, 0.2) is 0 Å². The van der Waals surface area contributed by atoms with Crippen LogP contribution < -0.4 is 0 Å². The van der Waals surface area contributed by atoms with Crippen molar-refractivity contribution in [2.75, 3.05) is 26.9 Å². The third-order valence-corrected chi connectivity index (χ3v) is 5.94. The van der Waals surface area contributed by atoms with Gasteiger partial charge in [-0.3, -0.25) is 4.18 Å². The standard InChI is InChI=1S/C23H30O6S/c1-23(2,3)19-13-11-18(12-14-19)8-7-15-29-30(25,26)21-10-6-5-9-20(21)22(24)28-17-16-27-4/h5-6,9-14H,7-8,15-17H2,1-4H3. The number of hydrogen-bond acceptors (Lipinski definition) is 6. The summed E-state index contributed by atoms with van der Waals surface area (Å²) in [5, 5.41) is 0. The molecule has 0 N–H and O–H groups in total. The molecule has 0 bridgehead atoms. The number of methoxy groups -OCH3 is 1. The second kappa shape index (κ2) is 10.7. The van der Waals surface area contributed by atoms with Crippen LogP contribution in [0.25, 0.3) is 0 Å². The van der Waals surface area contributed by atoms with Crippen LogP contribution in [0.3, 0.4) is 0 Å². The fourth-order valence-electron chi connectivity index (χ4n) is 2.83. The highest BCUT2D eigenvalue weighted by molar-refractivity contribution is 7.86. The Morgan fingerprint density at radius 2 is 1.60 bits per heavy atom. The molecule has 2 aromatic carbocycles. The number of rotatable bonds is 10. The van der Waals surface area contributed by atoms with Gasteiger partial charge in [0.2, 0.25) is 0 Å². The van der Waals surface area contributed by atoms with Crippen molar-refractivity contribution in [3.63, 3.8) is 0 Å². The summed E-state index contributed by atoms with van der Waals surface area (Å²) in [7, 11) is -2.59. The van der Waals surface area contributed by atoms with Gasteiger partial charge in [0, 0.05) is 7.11 Å². The minimum absolute atomic E-state index is 0.0242. The average molecular weight is 435 g/mol. The van der Waals surface area contributed by atoms with Gasteiger partial charge >= 0.3 is 5.97 Å². The number of carbonyl (C=O) groups is 1. The van der Waals surface area contributed by atoms with E-state index in [1.807, 2.05) is 0 Å². The highest BCUT2D eigenvalue weighted by atomic mass is 32.2. The van der Waals surface area contributed by atoms with Crippen molar-refractivity contribution in [3.05, 3.63) is 65.2 Å². The fraction of sp³-hybridized carbons (Fsp3) is 0.435. The molecule has 0 amide bonds. The highest BCUT2D eigenvalue weighted by Crippen LogP contribution is 2.23. The smallest absolute Gasteiger partial charge is 0.339 e. The molecule has 0 heterocycles. The molecule has 0 saturated heterocycles. The number of carbonyl (C=O) groups excluding carboxylic acids is 1. The Morgan fingerprint density at radius 3 is 2.23 bits per heavy atom. The van der Waals surface area contributed by atoms with Gasteiger partial charge in [-0.05, 0) is 41.5 Å². The zero-order chi connectivity index (χ0) is 22.2. The molecule has 6 nitrogen and oxygen atoms in total. The normalized spacial score (nSPS) is 12.0.